The number of rotatable bonds is 6. The molecule has 2 heterocycles. The van der Waals surface area contributed by atoms with E-state index < -0.39 is 5.92 Å². The summed E-state index contributed by atoms with van der Waals surface area (Å²) in [4.78, 5) is 30.1. The van der Waals surface area contributed by atoms with Gasteiger partial charge in [-0.1, -0.05) is 29.8 Å². The predicted octanol–water partition coefficient (Wildman–Crippen LogP) is 3.50. The van der Waals surface area contributed by atoms with Crippen molar-refractivity contribution in [3.8, 4) is 0 Å². The van der Waals surface area contributed by atoms with Crippen LogP contribution in [0.2, 0.25) is 5.02 Å². The van der Waals surface area contributed by atoms with Gasteiger partial charge >= 0.3 is 0 Å². The Morgan fingerprint density at radius 1 is 1.09 bits per heavy atom. The van der Waals surface area contributed by atoms with Crippen LogP contribution in [0.25, 0.3) is 0 Å². The van der Waals surface area contributed by atoms with Crippen molar-refractivity contribution in [3.63, 3.8) is 0 Å². The zero-order chi connectivity index (χ0) is 22.7. The molecule has 170 valence electrons. The first-order valence-corrected chi connectivity index (χ1v) is 11.6. The zero-order valence-electron chi connectivity index (χ0n) is 18.6. The van der Waals surface area contributed by atoms with E-state index in [1.54, 1.807) is 4.90 Å². The Balaban J connectivity index is 1.43. The maximum absolute atomic E-state index is 13.0. The number of anilines is 1. The van der Waals surface area contributed by atoms with E-state index in [9.17, 15) is 9.59 Å². The maximum atomic E-state index is 13.0. The molecule has 0 bridgehead atoms. The van der Waals surface area contributed by atoms with Gasteiger partial charge in [-0.2, -0.15) is 0 Å². The number of ether oxygens (including phenoxy) is 1. The molecule has 7 heteroatoms. The van der Waals surface area contributed by atoms with Crippen molar-refractivity contribution in [1.82, 2.24) is 10.2 Å². The predicted molar refractivity (Wildman–Crippen MR) is 126 cm³/mol. The van der Waals surface area contributed by atoms with Crippen LogP contribution in [-0.4, -0.2) is 56.1 Å². The van der Waals surface area contributed by atoms with Crippen LogP contribution in [0.1, 0.15) is 29.2 Å². The summed E-state index contributed by atoms with van der Waals surface area (Å²) >= 11 is 6.07. The van der Waals surface area contributed by atoms with E-state index in [0.29, 0.717) is 37.7 Å². The number of halogens is 1. The third-order valence-corrected chi connectivity index (χ3v) is 6.79. The first-order chi connectivity index (χ1) is 15.4. The summed E-state index contributed by atoms with van der Waals surface area (Å²) in [6.45, 7) is 8.02. The minimum atomic E-state index is -0.646. The first-order valence-electron chi connectivity index (χ1n) is 11.2. The Hall–Kier alpha value is -2.41. The molecule has 2 amide bonds. The Morgan fingerprint density at radius 3 is 2.50 bits per heavy atom. The van der Waals surface area contributed by atoms with E-state index in [4.69, 9.17) is 16.3 Å². The van der Waals surface area contributed by atoms with Gasteiger partial charge in [-0.05, 0) is 61.2 Å². The Morgan fingerprint density at radius 2 is 1.81 bits per heavy atom. The van der Waals surface area contributed by atoms with Crippen LogP contribution in [-0.2, 0) is 14.3 Å². The topological polar surface area (TPSA) is 61.9 Å². The van der Waals surface area contributed by atoms with E-state index in [-0.39, 0.29) is 17.9 Å². The number of nitrogens with zero attached hydrogens (tertiary/aromatic N) is 2. The van der Waals surface area contributed by atoms with Crippen LogP contribution in [0.4, 0.5) is 5.69 Å². The summed E-state index contributed by atoms with van der Waals surface area (Å²) in [6, 6.07) is 13.7. The number of amides is 2. The molecule has 1 N–H and O–H groups in total. The van der Waals surface area contributed by atoms with Crippen molar-refractivity contribution in [2.75, 3.05) is 44.3 Å². The van der Waals surface area contributed by atoms with Crippen molar-refractivity contribution in [2.24, 2.45) is 5.92 Å². The number of carbonyl (C=O) groups excluding carboxylic acids is 2. The van der Waals surface area contributed by atoms with Crippen LogP contribution in [0.15, 0.2) is 42.5 Å². The second-order valence-electron chi connectivity index (χ2n) is 8.56. The van der Waals surface area contributed by atoms with Gasteiger partial charge in [0.1, 0.15) is 5.92 Å². The van der Waals surface area contributed by atoms with Gasteiger partial charge in [0.25, 0.3) is 0 Å². The van der Waals surface area contributed by atoms with Crippen LogP contribution in [0.5, 0.6) is 0 Å². The fourth-order valence-corrected chi connectivity index (χ4v) is 4.55. The van der Waals surface area contributed by atoms with Crippen molar-refractivity contribution in [1.29, 1.82) is 0 Å². The highest BCUT2D eigenvalue weighted by Gasteiger charge is 2.38. The minimum absolute atomic E-state index is 0.00692. The van der Waals surface area contributed by atoms with Crippen molar-refractivity contribution < 1.29 is 14.3 Å². The van der Waals surface area contributed by atoms with Gasteiger partial charge in [0.2, 0.25) is 11.8 Å². The second kappa shape index (κ2) is 10.0. The molecule has 2 saturated heterocycles. The van der Waals surface area contributed by atoms with Crippen molar-refractivity contribution in [3.05, 3.63) is 64.2 Å². The molecule has 2 aliphatic rings. The van der Waals surface area contributed by atoms with Gasteiger partial charge < -0.3 is 15.0 Å². The van der Waals surface area contributed by atoms with Gasteiger partial charge in [0.15, 0.2) is 0 Å². The molecule has 2 aromatic rings. The molecule has 0 spiro atoms. The SMILES string of the molecule is Cc1ccc(N2CCC(C(=O)NCC(c3ccc(Cl)cc3)N3CCOCC3)C2=O)cc1C. The second-order valence-corrected chi connectivity index (χ2v) is 9.00. The molecular formula is C25H30ClN3O3. The van der Waals surface area contributed by atoms with Gasteiger partial charge in [-0.25, -0.2) is 0 Å². The fourth-order valence-electron chi connectivity index (χ4n) is 4.43. The summed E-state index contributed by atoms with van der Waals surface area (Å²) in [7, 11) is 0. The number of morpholine rings is 1. The van der Waals surface area contributed by atoms with E-state index in [1.807, 2.05) is 56.3 Å². The number of nitrogens with one attached hydrogen (secondary N) is 1. The summed E-state index contributed by atoms with van der Waals surface area (Å²) in [5.74, 6) is -0.971. The average Bonchev–Trinajstić information content (AvgIpc) is 3.19. The molecule has 0 saturated carbocycles. The van der Waals surface area contributed by atoms with Crippen LogP contribution < -0.4 is 10.2 Å². The largest absolute Gasteiger partial charge is 0.379 e. The molecule has 6 nitrogen and oxygen atoms in total. The number of benzene rings is 2. The first kappa shape index (κ1) is 22.8. The monoisotopic (exact) mass is 455 g/mol. The van der Waals surface area contributed by atoms with E-state index in [0.717, 1.165) is 29.9 Å². The number of hydrogen-bond acceptors (Lipinski definition) is 4. The fraction of sp³-hybridized carbons (Fsp3) is 0.440. The lowest BCUT2D eigenvalue weighted by Gasteiger charge is -2.35. The molecule has 2 aliphatic heterocycles. The highest BCUT2D eigenvalue weighted by atomic mass is 35.5. The minimum Gasteiger partial charge on any atom is -0.379 e. The van der Waals surface area contributed by atoms with Crippen LogP contribution in [0.3, 0.4) is 0 Å². The average molecular weight is 456 g/mol. The van der Waals surface area contributed by atoms with E-state index in [1.165, 1.54) is 5.56 Å². The molecule has 2 unspecified atom stereocenters. The molecule has 0 radical (unpaired) electrons. The number of aryl methyl sites for hydroxylation is 2. The number of carbonyl (C=O) groups is 2. The Bertz CT molecular complexity index is 973. The molecule has 32 heavy (non-hydrogen) atoms. The molecule has 2 aromatic carbocycles. The van der Waals surface area contributed by atoms with Crippen LogP contribution >= 0.6 is 11.6 Å². The molecule has 4 rings (SSSR count). The summed E-state index contributed by atoms with van der Waals surface area (Å²) in [5, 5.41) is 3.74. The molecule has 2 atom stereocenters. The molecular weight excluding hydrogens is 426 g/mol. The maximum Gasteiger partial charge on any atom is 0.239 e. The van der Waals surface area contributed by atoms with Crippen LogP contribution in [0, 0.1) is 19.8 Å². The van der Waals surface area contributed by atoms with Crippen molar-refractivity contribution in [2.45, 2.75) is 26.3 Å². The third kappa shape index (κ3) is 4.98. The lowest BCUT2D eigenvalue weighted by atomic mass is 10.0. The quantitative estimate of drug-likeness (QED) is 0.677. The third-order valence-electron chi connectivity index (χ3n) is 6.54. The van der Waals surface area contributed by atoms with Gasteiger partial charge in [0, 0.05) is 36.9 Å². The van der Waals surface area contributed by atoms with Gasteiger partial charge in [-0.3, -0.25) is 14.5 Å². The standard InChI is InChI=1S/C25H30ClN3O3/c1-17-3-8-21(15-18(17)2)29-10-9-22(25(29)31)24(30)27-16-23(28-11-13-32-14-12-28)19-4-6-20(26)7-5-19/h3-8,15,22-23H,9-14,16H2,1-2H3,(H,27,30). The van der Waals surface area contributed by atoms with Crippen molar-refractivity contribution >= 4 is 29.1 Å². The molecule has 0 aliphatic carbocycles. The summed E-state index contributed by atoms with van der Waals surface area (Å²) in [5.41, 5.74) is 4.28. The molecule has 2 fully saturated rings. The Labute approximate surface area is 194 Å². The molecule has 0 aromatic heterocycles. The summed E-state index contributed by atoms with van der Waals surface area (Å²) < 4.78 is 5.50. The highest BCUT2D eigenvalue weighted by Crippen LogP contribution is 2.28. The summed E-state index contributed by atoms with van der Waals surface area (Å²) in [6.07, 6.45) is 0.529. The zero-order valence-corrected chi connectivity index (χ0v) is 19.4. The van der Waals surface area contributed by atoms with Gasteiger partial charge in [-0.15, -0.1) is 0 Å². The highest BCUT2D eigenvalue weighted by molar-refractivity contribution is 6.30. The van der Waals surface area contributed by atoms with Gasteiger partial charge in [0.05, 0.1) is 19.3 Å². The van der Waals surface area contributed by atoms with E-state index >= 15 is 0 Å². The Kier molecular flexibility index (Phi) is 7.13. The lowest BCUT2D eigenvalue weighted by molar-refractivity contribution is -0.132. The normalized spacial score (nSPS) is 20.4. The number of hydrogen-bond donors (Lipinski definition) is 1. The van der Waals surface area contributed by atoms with E-state index in [2.05, 4.69) is 10.2 Å². The lowest BCUT2D eigenvalue weighted by Crippen LogP contribution is -2.45. The smallest absolute Gasteiger partial charge is 0.239 e.